The van der Waals surface area contributed by atoms with Crippen LogP contribution in [0.4, 0.5) is 0 Å². The third-order valence-electron chi connectivity index (χ3n) is 5.58. The average Bonchev–Trinajstić information content (AvgIpc) is 3.37. The van der Waals surface area contributed by atoms with E-state index < -0.39 is 5.66 Å². The third kappa shape index (κ3) is 2.31. The van der Waals surface area contributed by atoms with Crippen molar-refractivity contribution in [1.82, 2.24) is 14.8 Å². The number of nitrogens with zero attached hydrogens (tertiary/aromatic N) is 3. The lowest BCUT2D eigenvalue weighted by Crippen LogP contribution is -2.58. The highest BCUT2D eigenvalue weighted by molar-refractivity contribution is 6.30. The molecule has 1 atom stereocenters. The van der Waals surface area contributed by atoms with Gasteiger partial charge < -0.3 is 14.2 Å². The summed E-state index contributed by atoms with van der Waals surface area (Å²) in [6.45, 7) is 0.882. The number of amides is 2. The maximum Gasteiger partial charge on any atom is 0.259 e. The molecule has 1 saturated heterocycles. The first-order valence-corrected chi connectivity index (χ1v) is 9.34. The number of hydrogen-bond donors (Lipinski definition) is 0. The summed E-state index contributed by atoms with van der Waals surface area (Å²) < 4.78 is 5.11. The van der Waals surface area contributed by atoms with Crippen LogP contribution in [-0.2, 0) is 12.1 Å². The molecule has 140 valence electrons. The number of halogens is 1. The highest BCUT2D eigenvalue weighted by atomic mass is 35.5. The third-order valence-corrected chi connectivity index (χ3v) is 5.83. The van der Waals surface area contributed by atoms with E-state index in [9.17, 15) is 9.59 Å². The van der Waals surface area contributed by atoms with Gasteiger partial charge in [0.2, 0.25) is 0 Å². The van der Waals surface area contributed by atoms with Crippen molar-refractivity contribution in [3.63, 3.8) is 0 Å². The molecule has 2 aliphatic rings. The van der Waals surface area contributed by atoms with Gasteiger partial charge in [0.15, 0.2) is 0 Å². The summed E-state index contributed by atoms with van der Waals surface area (Å²) >= 11 is 6.10. The van der Waals surface area contributed by atoms with E-state index in [1.807, 2.05) is 12.1 Å². The van der Waals surface area contributed by atoms with Gasteiger partial charge >= 0.3 is 0 Å². The van der Waals surface area contributed by atoms with Gasteiger partial charge in [0.25, 0.3) is 11.8 Å². The largest absolute Gasteiger partial charge is 0.472 e. The minimum absolute atomic E-state index is 0.0962. The summed E-state index contributed by atoms with van der Waals surface area (Å²) in [6, 6.07) is 10.7. The molecule has 1 fully saturated rings. The fraction of sp³-hybridized carbons (Fsp3) is 0.190. The molecule has 0 spiro atoms. The second kappa shape index (κ2) is 6.21. The molecule has 0 radical (unpaired) electrons. The molecule has 5 rings (SSSR count). The summed E-state index contributed by atoms with van der Waals surface area (Å²) in [5, 5.41) is 0.599. The molecule has 1 unspecified atom stereocenters. The van der Waals surface area contributed by atoms with Crippen LogP contribution in [0.2, 0.25) is 5.02 Å². The zero-order valence-electron chi connectivity index (χ0n) is 14.8. The number of benzene rings is 1. The lowest BCUT2D eigenvalue weighted by Gasteiger charge is -2.47. The Kier molecular flexibility index (Phi) is 3.77. The van der Waals surface area contributed by atoms with Crippen molar-refractivity contribution < 1.29 is 14.0 Å². The number of carbonyl (C=O) groups is 2. The van der Waals surface area contributed by atoms with E-state index in [0.29, 0.717) is 35.7 Å². The fourth-order valence-electron chi connectivity index (χ4n) is 4.31. The summed E-state index contributed by atoms with van der Waals surface area (Å²) in [5.74, 6) is -0.271. The molecule has 2 aromatic heterocycles. The lowest BCUT2D eigenvalue weighted by atomic mass is 9.84. The number of rotatable bonds is 2. The zero-order chi connectivity index (χ0) is 19.3. The van der Waals surface area contributed by atoms with Crippen LogP contribution in [0.3, 0.4) is 0 Å². The topological polar surface area (TPSA) is 66.7 Å². The number of aromatic nitrogens is 1. The number of hydrogen-bond acceptors (Lipinski definition) is 4. The van der Waals surface area contributed by atoms with E-state index in [4.69, 9.17) is 16.0 Å². The Bertz CT molecular complexity index is 1060. The van der Waals surface area contributed by atoms with Crippen LogP contribution < -0.4 is 0 Å². The van der Waals surface area contributed by atoms with E-state index in [-0.39, 0.29) is 11.8 Å². The molecular weight excluding hydrogens is 378 g/mol. The van der Waals surface area contributed by atoms with Crippen molar-refractivity contribution in [3.05, 3.63) is 88.6 Å². The molecular formula is C21H16ClN3O3. The van der Waals surface area contributed by atoms with Crippen LogP contribution in [0, 0.1) is 0 Å². The number of pyridine rings is 1. The maximum atomic E-state index is 13.3. The van der Waals surface area contributed by atoms with Crippen LogP contribution in [0.25, 0.3) is 0 Å². The van der Waals surface area contributed by atoms with Crippen molar-refractivity contribution in [2.45, 2.75) is 12.1 Å². The smallest absolute Gasteiger partial charge is 0.259 e. The number of furan rings is 1. The Hall–Kier alpha value is -3.12. The van der Waals surface area contributed by atoms with Gasteiger partial charge in [0.05, 0.1) is 11.8 Å². The molecule has 7 heteroatoms. The van der Waals surface area contributed by atoms with E-state index in [2.05, 4.69) is 4.98 Å². The number of carbonyl (C=O) groups excluding carboxylic acids is 2. The van der Waals surface area contributed by atoms with Gasteiger partial charge in [-0.3, -0.25) is 14.6 Å². The van der Waals surface area contributed by atoms with Crippen molar-refractivity contribution in [2.24, 2.45) is 0 Å². The second-order valence-electron chi connectivity index (χ2n) is 6.96. The predicted octanol–water partition coefficient (Wildman–Crippen LogP) is 3.34. The normalized spacial score (nSPS) is 20.8. The van der Waals surface area contributed by atoms with Crippen LogP contribution in [0.15, 0.2) is 65.7 Å². The SMILES string of the molecule is O=C(c1ccoc1)N1CCN2C(=O)c3ccncc3CC12c1ccc(Cl)cc1. The molecule has 3 aromatic rings. The highest BCUT2D eigenvalue weighted by Gasteiger charge is 2.55. The summed E-state index contributed by atoms with van der Waals surface area (Å²) in [5.41, 5.74) is 1.84. The van der Waals surface area contributed by atoms with Crippen molar-refractivity contribution >= 4 is 23.4 Å². The molecule has 6 nitrogen and oxygen atoms in total. The summed E-state index contributed by atoms with van der Waals surface area (Å²) in [6.07, 6.45) is 6.70. The Morgan fingerprint density at radius 3 is 2.71 bits per heavy atom. The molecule has 1 aromatic carbocycles. The Balaban J connectivity index is 1.71. The van der Waals surface area contributed by atoms with Gasteiger partial charge in [0, 0.05) is 42.5 Å². The first-order valence-electron chi connectivity index (χ1n) is 8.96. The van der Waals surface area contributed by atoms with Crippen LogP contribution in [0.1, 0.15) is 31.8 Å². The molecule has 0 bridgehead atoms. The summed E-state index contributed by atoms with van der Waals surface area (Å²) in [7, 11) is 0. The molecule has 2 amide bonds. The quantitative estimate of drug-likeness (QED) is 0.669. The standard InChI is InChI=1S/C21H16ClN3O3/c22-17-3-1-16(2-4-17)21-11-15-12-23-7-5-18(15)20(27)25(21)9-8-24(21)19(26)14-6-10-28-13-14/h1-7,10,12-13H,8-9,11H2. The van der Waals surface area contributed by atoms with Crippen molar-refractivity contribution in [2.75, 3.05) is 13.1 Å². The van der Waals surface area contributed by atoms with Crippen LogP contribution in [-0.4, -0.2) is 39.7 Å². The predicted molar refractivity (Wildman–Crippen MR) is 102 cm³/mol. The van der Waals surface area contributed by atoms with E-state index in [1.165, 1.54) is 12.5 Å². The minimum atomic E-state index is -0.925. The van der Waals surface area contributed by atoms with Crippen molar-refractivity contribution in [1.29, 1.82) is 0 Å². The van der Waals surface area contributed by atoms with Crippen molar-refractivity contribution in [3.8, 4) is 0 Å². The zero-order valence-corrected chi connectivity index (χ0v) is 15.6. The Morgan fingerprint density at radius 1 is 1.14 bits per heavy atom. The first-order chi connectivity index (χ1) is 13.6. The van der Waals surface area contributed by atoms with Gasteiger partial charge in [-0.15, -0.1) is 0 Å². The summed E-state index contributed by atoms with van der Waals surface area (Å²) in [4.78, 5) is 34.4. The second-order valence-corrected chi connectivity index (χ2v) is 7.40. The van der Waals surface area contributed by atoms with E-state index in [1.54, 1.807) is 46.5 Å². The van der Waals surface area contributed by atoms with Crippen LogP contribution >= 0.6 is 11.6 Å². The molecule has 2 aliphatic heterocycles. The maximum absolute atomic E-state index is 13.3. The molecule has 0 saturated carbocycles. The van der Waals surface area contributed by atoms with Gasteiger partial charge in [-0.05, 0) is 35.4 Å². The van der Waals surface area contributed by atoms with Gasteiger partial charge in [-0.2, -0.15) is 0 Å². The van der Waals surface area contributed by atoms with Gasteiger partial charge in [-0.1, -0.05) is 23.7 Å². The molecule has 4 heterocycles. The first kappa shape index (κ1) is 17.0. The highest BCUT2D eigenvalue weighted by Crippen LogP contribution is 2.45. The Morgan fingerprint density at radius 2 is 1.96 bits per heavy atom. The monoisotopic (exact) mass is 393 g/mol. The van der Waals surface area contributed by atoms with Gasteiger partial charge in [0.1, 0.15) is 11.9 Å². The minimum Gasteiger partial charge on any atom is -0.472 e. The fourth-order valence-corrected chi connectivity index (χ4v) is 4.43. The molecule has 28 heavy (non-hydrogen) atoms. The lowest BCUT2D eigenvalue weighted by molar-refractivity contribution is 0.00763. The number of fused-ring (bicyclic) bond motifs is 2. The van der Waals surface area contributed by atoms with E-state index >= 15 is 0 Å². The Labute approximate surface area is 166 Å². The van der Waals surface area contributed by atoms with E-state index in [0.717, 1.165) is 11.1 Å². The molecule has 0 aliphatic carbocycles. The average molecular weight is 394 g/mol. The van der Waals surface area contributed by atoms with Gasteiger partial charge in [-0.25, -0.2) is 0 Å². The molecule has 0 N–H and O–H groups in total. The van der Waals surface area contributed by atoms with Crippen LogP contribution in [0.5, 0.6) is 0 Å².